The molecule has 0 heterocycles. The summed E-state index contributed by atoms with van der Waals surface area (Å²) in [4.78, 5) is 22.5. The topological polar surface area (TPSA) is 43.4 Å². The molecule has 3 heteroatoms. The van der Waals surface area contributed by atoms with E-state index >= 15 is 0 Å². The molecule has 84 valence electrons. The fourth-order valence-electron chi connectivity index (χ4n) is 1.30. The van der Waals surface area contributed by atoms with Gasteiger partial charge in [-0.1, -0.05) is 13.0 Å². The Morgan fingerprint density at radius 2 is 2.19 bits per heavy atom. The maximum absolute atomic E-state index is 11.7. The van der Waals surface area contributed by atoms with Gasteiger partial charge in [-0.05, 0) is 30.7 Å². The lowest BCUT2D eigenvalue weighted by Gasteiger charge is -2.04. The summed E-state index contributed by atoms with van der Waals surface area (Å²) in [6.07, 6.45) is 4.70. The molecule has 0 aliphatic heterocycles. The van der Waals surface area contributed by atoms with Gasteiger partial charge in [0.05, 0.1) is 7.11 Å². The molecule has 0 aromatic heterocycles. The predicted molar refractivity (Wildman–Crippen MR) is 62.1 cm³/mol. The molecule has 1 aromatic rings. The quantitative estimate of drug-likeness (QED) is 0.433. The standard InChI is InChI=1S/C13H14O3/c1-3-4-5-13(15)12-7-6-11(16-2)8-10(12)9-14/h4-9H,3H2,1-2H3/b5-4+. The number of rotatable bonds is 5. The zero-order chi connectivity index (χ0) is 12.0. The summed E-state index contributed by atoms with van der Waals surface area (Å²) in [5.74, 6) is 0.407. The van der Waals surface area contributed by atoms with Crippen LogP contribution >= 0.6 is 0 Å². The van der Waals surface area contributed by atoms with Gasteiger partial charge in [-0.25, -0.2) is 0 Å². The number of ketones is 1. The Hall–Kier alpha value is -1.90. The molecule has 0 radical (unpaired) electrons. The van der Waals surface area contributed by atoms with E-state index in [-0.39, 0.29) is 5.78 Å². The molecule has 1 rings (SSSR count). The minimum absolute atomic E-state index is 0.161. The number of benzene rings is 1. The number of hydrogen-bond donors (Lipinski definition) is 0. The molecule has 0 unspecified atom stereocenters. The van der Waals surface area contributed by atoms with Crippen molar-refractivity contribution in [2.45, 2.75) is 13.3 Å². The highest BCUT2D eigenvalue weighted by Gasteiger charge is 2.09. The molecule has 3 nitrogen and oxygen atoms in total. The monoisotopic (exact) mass is 218 g/mol. The maximum Gasteiger partial charge on any atom is 0.186 e. The Kier molecular flexibility index (Phi) is 4.45. The number of methoxy groups -OCH3 is 1. The number of aldehydes is 1. The predicted octanol–water partition coefficient (Wildman–Crippen LogP) is 2.66. The Balaban J connectivity index is 3.08. The lowest BCUT2D eigenvalue weighted by Crippen LogP contribution is -2.00. The van der Waals surface area contributed by atoms with Crippen molar-refractivity contribution in [1.82, 2.24) is 0 Å². The minimum atomic E-state index is -0.161. The molecular weight excluding hydrogens is 204 g/mol. The van der Waals surface area contributed by atoms with Crippen molar-refractivity contribution in [2.24, 2.45) is 0 Å². The first-order valence-corrected chi connectivity index (χ1v) is 5.07. The third-order valence-electron chi connectivity index (χ3n) is 2.16. The van der Waals surface area contributed by atoms with E-state index in [1.165, 1.54) is 13.2 Å². The van der Waals surface area contributed by atoms with Crippen LogP contribution < -0.4 is 4.74 Å². The Labute approximate surface area is 94.7 Å². The molecule has 16 heavy (non-hydrogen) atoms. The van der Waals surface area contributed by atoms with Crippen molar-refractivity contribution in [1.29, 1.82) is 0 Å². The van der Waals surface area contributed by atoms with Crippen molar-refractivity contribution >= 4 is 12.1 Å². The van der Waals surface area contributed by atoms with Crippen molar-refractivity contribution in [3.05, 3.63) is 41.5 Å². The van der Waals surface area contributed by atoms with Crippen LogP contribution in [-0.2, 0) is 0 Å². The molecule has 0 spiro atoms. The van der Waals surface area contributed by atoms with Gasteiger partial charge in [0, 0.05) is 11.1 Å². The Morgan fingerprint density at radius 3 is 2.75 bits per heavy atom. The second-order valence-corrected chi connectivity index (χ2v) is 3.25. The van der Waals surface area contributed by atoms with Gasteiger partial charge in [0.15, 0.2) is 12.1 Å². The third-order valence-corrected chi connectivity index (χ3v) is 2.16. The molecular formula is C13H14O3. The summed E-state index contributed by atoms with van der Waals surface area (Å²) in [6, 6.07) is 4.82. The van der Waals surface area contributed by atoms with E-state index in [9.17, 15) is 9.59 Å². The van der Waals surface area contributed by atoms with Gasteiger partial charge >= 0.3 is 0 Å². The van der Waals surface area contributed by atoms with Gasteiger partial charge in [-0.3, -0.25) is 9.59 Å². The van der Waals surface area contributed by atoms with Crippen LogP contribution in [0.2, 0.25) is 0 Å². The van der Waals surface area contributed by atoms with Gasteiger partial charge in [0.25, 0.3) is 0 Å². The Morgan fingerprint density at radius 1 is 1.44 bits per heavy atom. The van der Waals surface area contributed by atoms with E-state index in [1.807, 2.05) is 6.92 Å². The van der Waals surface area contributed by atoms with Crippen LogP contribution in [0, 0.1) is 0 Å². The van der Waals surface area contributed by atoms with Crippen LogP contribution in [0.25, 0.3) is 0 Å². The molecule has 1 aromatic carbocycles. The maximum atomic E-state index is 11.7. The van der Waals surface area contributed by atoms with Crippen LogP contribution in [0.1, 0.15) is 34.1 Å². The summed E-state index contributed by atoms with van der Waals surface area (Å²) in [5, 5.41) is 0. The molecule has 0 aliphatic carbocycles. The Bertz CT molecular complexity index is 419. The van der Waals surface area contributed by atoms with Crippen molar-refractivity contribution in [3.63, 3.8) is 0 Å². The number of ether oxygens (including phenoxy) is 1. The van der Waals surface area contributed by atoms with Crippen LogP contribution in [0.15, 0.2) is 30.4 Å². The zero-order valence-electron chi connectivity index (χ0n) is 9.40. The number of hydrogen-bond acceptors (Lipinski definition) is 3. The summed E-state index contributed by atoms with van der Waals surface area (Å²) in [7, 11) is 1.52. The van der Waals surface area contributed by atoms with Gasteiger partial charge < -0.3 is 4.74 Å². The van der Waals surface area contributed by atoms with Gasteiger partial charge in [0.1, 0.15) is 5.75 Å². The zero-order valence-corrected chi connectivity index (χ0v) is 9.40. The summed E-state index contributed by atoms with van der Waals surface area (Å²) in [5.41, 5.74) is 0.755. The average molecular weight is 218 g/mol. The van der Waals surface area contributed by atoms with Gasteiger partial charge in [-0.15, -0.1) is 0 Å². The minimum Gasteiger partial charge on any atom is -0.497 e. The van der Waals surface area contributed by atoms with E-state index in [0.717, 1.165) is 6.42 Å². The molecule has 0 aliphatic rings. The van der Waals surface area contributed by atoms with Gasteiger partial charge in [0.2, 0.25) is 0 Å². The van der Waals surface area contributed by atoms with E-state index < -0.39 is 0 Å². The first-order chi connectivity index (χ1) is 7.72. The number of carbonyl (C=O) groups is 2. The summed E-state index contributed by atoms with van der Waals surface area (Å²) < 4.78 is 4.98. The van der Waals surface area contributed by atoms with Gasteiger partial charge in [-0.2, -0.15) is 0 Å². The number of allylic oxidation sites excluding steroid dienone is 2. The van der Waals surface area contributed by atoms with Crippen molar-refractivity contribution < 1.29 is 14.3 Å². The van der Waals surface area contributed by atoms with Crippen LogP contribution in [0.5, 0.6) is 5.75 Å². The summed E-state index contributed by atoms with van der Waals surface area (Å²) in [6.45, 7) is 1.94. The summed E-state index contributed by atoms with van der Waals surface area (Å²) >= 11 is 0. The van der Waals surface area contributed by atoms with Crippen molar-refractivity contribution in [3.8, 4) is 5.75 Å². The lowest BCUT2D eigenvalue weighted by atomic mass is 10.0. The molecule has 0 saturated heterocycles. The highest BCUT2D eigenvalue weighted by Crippen LogP contribution is 2.17. The highest BCUT2D eigenvalue weighted by atomic mass is 16.5. The highest BCUT2D eigenvalue weighted by molar-refractivity contribution is 6.09. The largest absolute Gasteiger partial charge is 0.497 e. The molecule has 0 saturated carbocycles. The van der Waals surface area contributed by atoms with Crippen LogP contribution in [0.4, 0.5) is 0 Å². The van der Waals surface area contributed by atoms with Crippen LogP contribution in [0.3, 0.4) is 0 Å². The van der Waals surface area contributed by atoms with E-state index in [2.05, 4.69) is 0 Å². The fraction of sp³-hybridized carbons (Fsp3) is 0.231. The second kappa shape index (κ2) is 5.85. The third kappa shape index (κ3) is 2.79. The van der Waals surface area contributed by atoms with E-state index in [4.69, 9.17) is 4.74 Å². The van der Waals surface area contributed by atoms with E-state index in [0.29, 0.717) is 23.2 Å². The lowest BCUT2D eigenvalue weighted by molar-refractivity contribution is 0.103. The van der Waals surface area contributed by atoms with Crippen molar-refractivity contribution in [2.75, 3.05) is 7.11 Å². The molecule has 0 bridgehead atoms. The molecule has 0 fully saturated rings. The molecule has 0 amide bonds. The van der Waals surface area contributed by atoms with E-state index in [1.54, 1.807) is 24.3 Å². The average Bonchev–Trinajstić information content (AvgIpc) is 2.34. The van der Waals surface area contributed by atoms with Crippen LogP contribution in [-0.4, -0.2) is 19.2 Å². The number of carbonyl (C=O) groups excluding carboxylic acids is 2. The molecule has 0 N–H and O–H groups in total. The molecule has 0 atom stereocenters. The normalized spacial score (nSPS) is 10.4. The smallest absolute Gasteiger partial charge is 0.186 e. The first kappa shape index (κ1) is 12.2. The fourth-order valence-corrected chi connectivity index (χ4v) is 1.30. The first-order valence-electron chi connectivity index (χ1n) is 5.07. The second-order valence-electron chi connectivity index (χ2n) is 3.25. The SMILES string of the molecule is CC/C=C/C(=O)c1ccc(OC)cc1C=O.